The predicted octanol–water partition coefficient (Wildman–Crippen LogP) is 1.95. The predicted molar refractivity (Wildman–Crippen MR) is 84.5 cm³/mol. The maximum absolute atomic E-state index is 11.6. The summed E-state index contributed by atoms with van der Waals surface area (Å²) in [5.74, 6) is -0.197. The van der Waals surface area contributed by atoms with E-state index < -0.39 is 0 Å². The van der Waals surface area contributed by atoms with Gasteiger partial charge in [0.15, 0.2) is 5.75 Å². The maximum Gasteiger partial charge on any atom is 0.223 e. The first-order valence-corrected chi connectivity index (χ1v) is 7.80. The second-order valence-corrected chi connectivity index (χ2v) is 5.58. The van der Waals surface area contributed by atoms with Crippen molar-refractivity contribution in [3.63, 3.8) is 0 Å². The molecule has 0 amide bonds. The molecule has 0 aliphatic rings. The summed E-state index contributed by atoms with van der Waals surface area (Å²) in [5.41, 5.74) is 0.612. The van der Waals surface area contributed by atoms with Crippen LogP contribution in [-0.4, -0.2) is 39.9 Å². The average molecular weight is 296 g/mol. The summed E-state index contributed by atoms with van der Waals surface area (Å²) in [6, 6.07) is 1.53. The minimum Gasteiger partial charge on any atom is -0.503 e. The van der Waals surface area contributed by atoms with Crippen molar-refractivity contribution >= 4 is 0 Å². The first kappa shape index (κ1) is 17.7. The van der Waals surface area contributed by atoms with E-state index in [0.29, 0.717) is 6.54 Å². The molecular formula is C16H28N2O3. The third kappa shape index (κ3) is 6.31. The van der Waals surface area contributed by atoms with Crippen molar-refractivity contribution in [1.29, 1.82) is 0 Å². The first-order chi connectivity index (χ1) is 10.1. The molecule has 2 N–H and O–H groups in total. The summed E-state index contributed by atoms with van der Waals surface area (Å²) in [4.78, 5) is 13.8. The molecule has 0 saturated carbocycles. The fourth-order valence-corrected chi connectivity index (χ4v) is 2.30. The Morgan fingerprint density at radius 2 is 2.00 bits per heavy atom. The van der Waals surface area contributed by atoms with Gasteiger partial charge in [-0.25, -0.2) is 0 Å². The van der Waals surface area contributed by atoms with Gasteiger partial charge in [0.25, 0.3) is 0 Å². The number of hydrogen-bond acceptors (Lipinski definition) is 4. The van der Waals surface area contributed by atoms with E-state index in [4.69, 9.17) is 5.11 Å². The third-order valence-electron chi connectivity index (χ3n) is 3.58. The van der Waals surface area contributed by atoms with Gasteiger partial charge in [-0.05, 0) is 39.3 Å². The molecule has 21 heavy (non-hydrogen) atoms. The average Bonchev–Trinajstić information content (AvgIpc) is 2.46. The standard InChI is InChI=1S/C16H28N2O3/c1-3-4-8-17(2)12-14-11-15(20)16(21)13-18(14)9-6-5-7-10-19/h11,13,19,21H,3-10,12H2,1-2H3. The third-order valence-corrected chi connectivity index (χ3v) is 3.58. The summed E-state index contributed by atoms with van der Waals surface area (Å²) >= 11 is 0. The Bertz CT molecular complexity index is 471. The highest BCUT2D eigenvalue weighted by Crippen LogP contribution is 2.10. The van der Waals surface area contributed by atoms with Gasteiger partial charge in [-0.3, -0.25) is 4.79 Å². The van der Waals surface area contributed by atoms with Gasteiger partial charge in [0.1, 0.15) is 0 Å². The van der Waals surface area contributed by atoms with E-state index in [2.05, 4.69) is 11.8 Å². The van der Waals surface area contributed by atoms with Crippen LogP contribution >= 0.6 is 0 Å². The number of aromatic hydroxyl groups is 1. The molecule has 0 saturated heterocycles. The zero-order chi connectivity index (χ0) is 15.7. The number of unbranched alkanes of at least 4 members (excludes halogenated alkanes) is 3. The Hall–Kier alpha value is -1.33. The van der Waals surface area contributed by atoms with E-state index in [1.54, 1.807) is 0 Å². The Morgan fingerprint density at radius 3 is 2.67 bits per heavy atom. The van der Waals surface area contributed by atoms with Gasteiger partial charge < -0.3 is 19.7 Å². The molecule has 0 unspecified atom stereocenters. The van der Waals surface area contributed by atoms with Crippen molar-refractivity contribution in [2.24, 2.45) is 0 Å². The normalized spacial score (nSPS) is 11.2. The fraction of sp³-hybridized carbons (Fsp3) is 0.688. The highest BCUT2D eigenvalue weighted by Gasteiger charge is 2.08. The number of aliphatic hydroxyl groups is 1. The van der Waals surface area contributed by atoms with E-state index >= 15 is 0 Å². The molecule has 0 bridgehead atoms. The van der Waals surface area contributed by atoms with Crippen LogP contribution in [0, 0.1) is 0 Å². The molecule has 0 aromatic carbocycles. The SMILES string of the molecule is CCCCN(C)Cc1cc(=O)c(O)cn1CCCCCO. The zero-order valence-electron chi connectivity index (χ0n) is 13.2. The van der Waals surface area contributed by atoms with Gasteiger partial charge in [-0.15, -0.1) is 0 Å². The minimum absolute atomic E-state index is 0.197. The second kappa shape index (κ2) is 9.58. The highest BCUT2D eigenvalue weighted by molar-refractivity contribution is 5.20. The molecule has 5 heteroatoms. The minimum atomic E-state index is -0.319. The molecule has 0 radical (unpaired) electrons. The topological polar surface area (TPSA) is 65.7 Å². The summed E-state index contributed by atoms with van der Waals surface area (Å²) in [7, 11) is 2.04. The van der Waals surface area contributed by atoms with Gasteiger partial charge in [-0.1, -0.05) is 13.3 Å². The molecule has 0 fully saturated rings. The quantitative estimate of drug-likeness (QED) is 0.648. The number of pyridine rings is 1. The number of rotatable bonds is 10. The molecule has 1 aromatic heterocycles. The first-order valence-electron chi connectivity index (χ1n) is 7.80. The molecule has 0 aliphatic heterocycles. The van der Waals surface area contributed by atoms with Crippen LogP contribution in [0.2, 0.25) is 0 Å². The summed E-state index contributed by atoms with van der Waals surface area (Å²) in [6.45, 7) is 4.82. The summed E-state index contributed by atoms with van der Waals surface area (Å²) in [5, 5.41) is 18.4. The van der Waals surface area contributed by atoms with Crippen LogP contribution in [0.1, 0.15) is 44.7 Å². The lowest BCUT2D eigenvalue weighted by Crippen LogP contribution is -2.23. The number of nitrogens with zero attached hydrogens (tertiary/aromatic N) is 2. The molecule has 1 aromatic rings. The van der Waals surface area contributed by atoms with Crippen LogP contribution in [0.25, 0.3) is 0 Å². The van der Waals surface area contributed by atoms with Gasteiger partial charge in [0.2, 0.25) is 5.43 Å². The van der Waals surface area contributed by atoms with Crippen molar-refractivity contribution < 1.29 is 10.2 Å². The smallest absolute Gasteiger partial charge is 0.223 e. The van der Waals surface area contributed by atoms with Crippen LogP contribution < -0.4 is 5.43 Å². The Kier molecular flexibility index (Phi) is 8.08. The van der Waals surface area contributed by atoms with Crippen LogP contribution in [0.4, 0.5) is 0 Å². The fourth-order valence-electron chi connectivity index (χ4n) is 2.30. The summed E-state index contributed by atoms with van der Waals surface area (Å²) in [6.07, 6.45) is 6.47. The second-order valence-electron chi connectivity index (χ2n) is 5.58. The van der Waals surface area contributed by atoms with Gasteiger partial charge in [0, 0.05) is 31.5 Å². The molecular weight excluding hydrogens is 268 g/mol. The lowest BCUT2D eigenvalue weighted by molar-refractivity contribution is 0.280. The molecule has 0 atom stereocenters. The monoisotopic (exact) mass is 296 g/mol. The van der Waals surface area contributed by atoms with Gasteiger partial charge >= 0.3 is 0 Å². The largest absolute Gasteiger partial charge is 0.503 e. The summed E-state index contributed by atoms with van der Waals surface area (Å²) < 4.78 is 1.95. The Morgan fingerprint density at radius 1 is 1.24 bits per heavy atom. The van der Waals surface area contributed by atoms with E-state index in [-0.39, 0.29) is 17.8 Å². The van der Waals surface area contributed by atoms with Crippen LogP contribution in [-0.2, 0) is 13.1 Å². The Balaban J connectivity index is 2.74. The van der Waals surface area contributed by atoms with Crippen molar-refractivity contribution in [1.82, 2.24) is 9.47 Å². The van der Waals surface area contributed by atoms with Crippen molar-refractivity contribution in [3.05, 3.63) is 28.2 Å². The van der Waals surface area contributed by atoms with Crippen LogP contribution in [0.3, 0.4) is 0 Å². The maximum atomic E-state index is 11.6. The lowest BCUT2D eigenvalue weighted by Gasteiger charge is -2.20. The van der Waals surface area contributed by atoms with Crippen molar-refractivity contribution in [2.45, 2.75) is 52.1 Å². The van der Waals surface area contributed by atoms with E-state index in [0.717, 1.165) is 50.9 Å². The molecule has 0 aliphatic carbocycles. The zero-order valence-corrected chi connectivity index (χ0v) is 13.2. The van der Waals surface area contributed by atoms with Crippen LogP contribution in [0.5, 0.6) is 5.75 Å². The number of aromatic nitrogens is 1. The van der Waals surface area contributed by atoms with E-state index in [9.17, 15) is 9.90 Å². The molecule has 0 spiro atoms. The molecule has 5 nitrogen and oxygen atoms in total. The van der Waals surface area contributed by atoms with E-state index in [1.165, 1.54) is 12.3 Å². The van der Waals surface area contributed by atoms with Crippen molar-refractivity contribution in [3.8, 4) is 5.75 Å². The number of aryl methyl sites for hydroxylation is 1. The van der Waals surface area contributed by atoms with Gasteiger partial charge in [0.05, 0.1) is 6.20 Å². The number of aliphatic hydroxyl groups excluding tert-OH is 1. The number of hydrogen-bond donors (Lipinski definition) is 2. The molecule has 1 rings (SSSR count). The molecule has 120 valence electrons. The van der Waals surface area contributed by atoms with E-state index in [1.807, 2.05) is 11.6 Å². The van der Waals surface area contributed by atoms with Crippen molar-refractivity contribution in [2.75, 3.05) is 20.2 Å². The van der Waals surface area contributed by atoms with Crippen LogP contribution in [0.15, 0.2) is 17.1 Å². The molecule has 1 heterocycles. The lowest BCUT2D eigenvalue weighted by atomic mass is 10.2. The highest BCUT2D eigenvalue weighted by atomic mass is 16.3. The van der Waals surface area contributed by atoms with Gasteiger partial charge in [-0.2, -0.15) is 0 Å². The Labute approximate surface area is 126 Å².